The summed E-state index contributed by atoms with van der Waals surface area (Å²) in [5.41, 5.74) is 1.53. The van der Waals surface area contributed by atoms with Crippen LogP contribution in [0.4, 0.5) is 5.69 Å². The average Bonchev–Trinajstić information content (AvgIpc) is 3.72. The topological polar surface area (TPSA) is 88.9 Å². The molecule has 8 heteroatoms. The normalized spacial score (nSPS) is 25.5. The lowest BCUT2D eigenvalue weighted by molar-refractivity contribution is -0.161. The van der Waals surface area contributed by atoms with E-state index in [1.165, 1.54) is 11.8 Å². The number of hydrogen-bond acceptors (Lipinski definition) is 6. The maximum atomic E-state index is 14.3. The van der Waals surface area contributed by atoms with Gasteiger partial charge in [0.05, 0.1) is 29.1 Å². The van der Waals surface area contributed by atoms with Crippen LogP contribution in [-0.2, 0) is 25.7 Å². The molecule has 4 atom stereocenters. The smallest absolute Gasteiger partial charge is 0.327 e. The number of esters is 1. The number of amides is 2. The van der Waals surface area contributed by atoms with Gasteiger partial charge in [0.2, 0.25) is 17.7 Å². The predicted octanol–water partition coefficient (Wildman–Crippen LogP) is 4.74. The molecule has 0 spiro atoms. The molecule has 3 aliphatic heterocycles. The van der Waals surface area contributed by atoms with Crippen molar-refractivity contribution in [1.29, 1.82) is 0 Å². The highest BCUT2D eigenvalue weighted by Crippen LogP contribution is 2.60. The summed E-state index contributed by atoms with van der Waals surface area (Å²) in [5.74, 6) is -3.07. The van der Waals surface area contributed by atoms with Crippen molar-refractivity contribution in [3.05, 3.63) is 102 Å². The van der Waals surface area contributed by atoms with Gasteiger partial charge in [-0.1, -0.05) is 66.7 Å². The highest BCUT2D eigenvalue weighted by molar-refractivity contribution is 6.24. The molecule has 8 nitrogen and oxygen atoms in total. The van der Waals surface area contributed by atoms with E-state index in [1.807, 2.05) is 65.6 Å². The van der Waals surface area contributed by atoms with Crippen LogP contribution in [0.2, 0.25) is 0 Å². The Hall–Kier alpha value is -4.56. The van der Waals surface area contributed by atoms with E-state index < -0.39 is 29.4 Å². The lowest BCUT2D eigenvalue weighted by Gasteiger charge is -2.36. The second-order valence-electron chi connectivity index (χ2n) is 11.1. The zero-order valence-corrected chi connectivity index (χ0v) is 22.6. The van der Waals surface area contributed by atoms with Gasteiger partial charge in [-0.15, -0.1) is 0 Å². The molecule has 7 rings (SSSR count). The summed E-state index contributed by atoms with van der Waals surface area (Å²) in [6.07, 6.45) is 2.87. The summed E-state index contributed by atoms with van der Waals surface area (Å²) in [5, 5.41) is 0.824. The number of benzene rings is 3. The Morgan fingerprint density at radius 1 is 0.902 bits per heavy atom. The molecule has 41 heavy (non-hydrogen) atoms. The molecule has 0 saturated carbocycles. The Balaban J connectivity index is 1.39. The van der Waals surface area contributed by atoms with Gasteiger partial charge in [-0.25, -0.2) is 4.90 Å². The Kier molecular flexibility index (Phi) is 5.90. The lowest BCUT2D eigenvalue weighted by Crippen LogP contribution is -2.54. The monoisotopic (exact) mass is 547 g/mol. The van der Waals surface area contributed by atoms with Crippen LogP contribution < -0.4 is 4.90 Å². The summed E-state index contributed by atoms with van der Waals surface area (Å²) >= 11 is 0. The van der Waals surface area contributed by atoms with Gasteiger partial charge in [-0.05, 0) is 48.7 Å². The minimum Gasteiger partial charge on any atom is -0.459 e. The molecule has 1 aromatic heterocycles. The number of nitrogens with zero attached hydrogens (tertiary/aromatic N) is 3. The molecule has 3 saturated heterocycles. The van der Waals surface area contributed by atoms with Crippen molar-refractivity contribution in [1.82, 2.24) is 9.47 Å². The van der Waals surface area contributed by atoms with E-state index in [0.717, 1.165) is 22.0 Å². The van der Waals surface area contributed by atoms with E-state index in [-0.39, 0.29) is 24.3 Å². The summed E-state index contributed by atoms with van der Waals surface area (Å²) in [4.78, 5) is 58.7. The second-order valence-corrected chi connectivity index (χ2v) is 11.1. The molecule has 4 unspecified atom stereocenters. The molecule has 0 aliphatic carbocycles. The number of anilines is 1. The van der Waals surface area contributed by atoms with E-state index in [9.17, 15) is 19.2 Å². The van der Waals surface area contributed by atoms with E-state index in [1.54, 1.807) is 35.0 Å². The van der Waals surface area contributed by atoms with Gasteiger partial charge in [-0.2, -0.15) is 0 Å². The predicted molar refractivity (Wildman–Crippen MR) is 152 cm³/mol. The molecule has 0 bridgehead atoms. The number of fused-ring (bicyclic) bond motifs is 4. The molecule has 4 aromatic rings. The van der Waals surface area contributed by atoms with E-state index >= 15 is 0 Å². The van der Waals surface area contributed by atoms with Crippen molar-refractivity contribution in [2.24, 2.45) is 11.8 Å². The minimum absolute atomic E-state index is 0.0749. The van der Waals surface area contributed by atoms with Crippen molar-refractivity contribution >= 4 is 40.3 Å². The van der Waals surface area contributed by atoms with Gasteiger partial charge in [0, 0.05) is 18.5 Å². The SMILES string of the molecule is CC(=O)n1cc(C2C3C(=O)N(c4ccccc4)C(=O)C3C3(C(=O)OCc4ccccc4)CCCN23)c2ccccc21. The number of para-hydroxylation sites is 2. The molecule has 4 heterocycles. The number of ether oxygens (including phenoxy) is 1. The Labute approximate surface area is 237 Å². The highest BCUT2D eigenvalue weighted by atomic mass is 16.5. The van der Waals surface area contributed by atoms with Crippen LogP contribution in [0.15, 0.2) is 91.1 Å². The number of carbonyl (C=O) groups excluding carboxylic acids is 4. The number of rotatable bonds is 5. The quantitative estimate of drug-likeness (QED) is 0.265. The fourth-order valence-electron chi connectivity index (χ4n) is 7.38. The van der Waals surface area contributed by atoms with Crippen molar-refractivity contribution in [3.63, 3.8) is 0 Å². The molecule has 2 amide bonds. The fourth-order valence-corrected chi connectivity index (χ4v) is 7.38. The van der Waals surface area contributed by atoms with Gasteiger partial charge >= 0.3 is 5.97 Å². The van der Waals surface area contributed by atoms with Gasteiger partial charge in [-0.3, -0.25) is 28.6 Å². The number of hydrogen-bond donors (Lipinski definition) is 0. The van der Waals surface area contributed by atoms with Crippen molar-refractivity contribution < 1.29 is 23.9 Å². The van der Waals surface area contributed by atoms with Crippen LogP contribution in [0.25, 0.3) is 10.9 Å². The van der Waals surface area contributed by atoms with Gasteiger partial charge in [0.15, 0.2) is 0 Å². The fraction of sp³-hybridized carbons (Fsp3) is 0.273. The van der Waals surface area contributed by atoms with E-state index in [4.69, 9.17) is 4.74 Å². The van der Waals surface area contributed by atoms with E-state index in [2.05, 4.69) is 0 Å². The number of carbonyl (C=O) groups is 4. The van der Waals surface area contributed by atoms with E-state index in [0.29, 0.717) is 25.1 Å². The first-order chi connectivity index (χ1) is 19.9. The van der Waals surface area contributed by atoms with Crippen molar-refractivity contribution in [3.8, 4) is 0 Å². The molecule has 3 aliphatic rings. The van der Waals surface area contributed by atoms with Crippen LogP contribution >= 0.6 is 0 Å². The summed E-state index contributed by atoms with van der Waals surface area (Å²) in [7, 11) is 0. The third-order valence-electron chi connectivity index (χ3n) is 8.99. The molecule has 206 valence electrons. The third kappa shape index (κ3) is 3.63. The molecule has 0 radical (unpaired) electrons. The first-order valence-corrected chi connectivity index (χ1v) is 13.9. The van der Waals surface area contributed by atoms with Crippen LogP contribution in [0, 0.1) is 11.8 Å². The first-order valence-electron chi connectivity index (χ1n) is 13.9. The maximum absolute atomic E-state index is 14.3. The van der Waals surface area contributed by atoms with Crippen LogP contribution in [0.3, 0.4) is 0 Å². The van der Waals surface area contributed by atoms with Gasteiger partial charge in [0.25, 0.3) is 0 Å². The lowest BCUT2D eigenvalue weighted by atomic mass is 9.77. The third-order valence-corrected chi connectivity index (χ3v) is 8.99. The Morgan fingerprint density at radius 2 is 1.59 bits per heavy atom. The first kappa shape index (κ1) is 25.4. The zero-order valence-electron chi connectivity index (χ0n) is 22.6. The summed E-state index contributed by atoms with van der Waals surface area (Å²) in [6.45, 7) is 2.10. The molecular formula is C33H29N3O5. The highest BCUT2D eigenvalue weighted by Gasteiger charge is 2.74. The number of imide groups is 1. The molecule has 3 fully saturated rings. The minimum atomic E-state index is -1.29. The van der Waals surface area contributed by atoms with Gasteiger partial charge < -0.3 is 4.74 Å². The number of aromatic nitrogens is 1. The molecule has 0 N–H and O–H groups in total. The average molecular weight is 548 g/mol. The van der Waals surface area contributed by atoms with Crippen molar-refractivity contribution in [2.75, 3.05) is 11.4 Å². The van der Waals surface area contributed by atoms with Crippen LogP contribution in [0.1, 0.15) is 41.7 Å². The second kappa shape index (κ2) is 9.52. The zero-order chi connectivity index (χ0) is 28.3. The van der Waals surface area contributed by atoms with Crippen LogP contribution in [-0.4, -0.2) is 45.2 Å². The molecule has 3 aromatic carbocycles. The standard InChI is InChI=1S/C33H29N3O5/c1-21(37)34-19-25(24-15-8-9-16-26(24)34)29-27-28(31(39)36(30(27)38)23-13-6-3-7-14-23)33(17-10-18-35(29)33)32(40)41-20-22-11-4-2-5-12-22/h2-9,11-16,19,27-29H,10,17-18,20H2,1H3. The molecular weight excluding hydrogens is 518 g/mol. The Morgan fingerprint density at radius 3 is 2.32 bits per heavy atom. The summed E-state index contributed by atoms with van der Waals surface area (Å²) in [6, 6.07) is 25.3. The maximum Gasteiger partial charge on any atom is 0.327 e. The Bertz CT molecular complexity index is 1700. The van der Waals surface area contributed by atoms with Crippen molar-refractivity contribution in [2.45, 2.75) is 38.0 Å². The van der Waals surface area contributed by atoms with Gasteiger partial charge in [0.1, 0.15) is 12.1 Å². The van der Waals surface area contributed by atoms with Crippen LogP contribution in [0.5, 0.6) is 0 Å². The summed E-state index contributed by atoms with van der Waals surface area (Å²) < 4.78 is 7.53. The largest absolute Gasteiger partial charge is 0.459 e.